The summed E-state index contributed by atoms with van der Waals surface area (Å²) in [7, 11) is 0. The lowest BCUT2D eigenvalue weighted by Crippen LogP contribution is -2.02. The largest absolute Gasteiger partial charge is 0.229 e. The maximum atomic E-state index is 5.86. The van der Waals surface area contributed by atoms with Crippen molar-refractivity contribution in [3.8, 4) is 0 Å². The smallest absolute Gasteiger partial charge is 0.184 e. The van der Waals surface area contributed by atoms with Crippen LogP contribution in [0.15, 0.2) is 0 Å². The minimum Gasteiger partial charge on any atom is -0.229 e. The van der Waals surface area contributed by atoms with Gasteiger partial charge in [-0.3, -0.25) is 0 Å². The second kappa shape index (κ2) is 3.00. The number of hydrogen-bond donors (Lipinski definition) is 0. The van der Waals surface area contributed by atoms with E-state index < -0.39 is 0 Å². The zero-order valence-electron chi connectivity index (χ0n) is 7.30. The highest BCUT2D eigenvalue weighted by molar-refractivity contribution is 7.15. The molecule has 0 saturated carbocycles. The van der Waals surface area contributed by atoms with Gasteiger partial charge in [0.2, 0.25) is 0 Å². The van der Waals surface area contributed by atoms with Gasteiger partial charge in [-0.1, -0.05) is 25.4 Å². The molecule has 1 atom stereocenters. The zero-order valence-corrected chi connectivity index (χ0v) is 8.87. The van der Waals surface area contributed by atoms with Crippen molar-refractivity contribution in [3.63, 3.8) is 0 Å². The summed E-state index contributed by atoms with van der Waals surface area (Å²) in [6.45, 7) is 4.51. The molecule has 0 spiro atoms. The Balaban J connectivity index is 2.34. The fourth-order valence-electron chi connectivity index (χ4n) is 1.87. The topological polar surface area (TPSA) is 12.9 Å². The average Bonchev–Trinajstić information content (AvgIpc) is 2.43. The Labute approximate surface area is 81.8 Å². The molecule has 0 N–H and O–H groups in total. The van der Waals surface area contributed by atoms with Gasteiger partial charge < -0.3 is 0 Å². The van der Waals surface area contributed by atoms with E-state index >= 15 is 0 Å². The standard InChI is InChI=1S/C9H12ClNS/c1-5(2)6-3-4-7-8(6)11-9(10)12-7/h5-6H,3-4H2,1-2H3. The van der Waals surface area contributed by atoms with Gasteiger partial charge in [0, 0.05) is 10.8 Å². The van der Waals surface area contributed by atoms with Gasteiger partial charge in [-0.15, -0.1) is 11.3 Å². The van der Waals surface area contributed by atoms with Crippen molar-refractivity contribution in [2.45, 2.75) is 32.6 Å². The van der Waals surface area contributed by atoms with Crippen molar-refractivity contribution in [2.24, 2.45) is 5.92 Å². The number of rotatable bonds is 1. The van der Waals surface area contributed by atoms with Crippen molar-refractivity contribution in [1.82, 2.24) is 4.98 Å². The molecule has 0 saturated heterocycles. The highest BCUT2D eigenvalue weighted by atomic mass is 35.5. The molecule has 0 bridgehead atoms. The zero-order chi connectivity index (χ0) is 8.72. The Morgan fingerprint density at radius 3 is 3.00 bits per heavy atom. The number of hydrogen-bond acceptors (Lipinski definition) is 2. The van der Waals surface area contributed by atoms with Gasteiger partial charge in [0.05, 0.1) is 5.69 Å². The van der Waals surface area contributed by atoms with E-state index in [1.165, 1.54) is 23.4 Å². The Kier molecular flexibility index (Phi) is 2.13. The van der Waals surface area contributed by atoms with Gasteiger partial charge >= 0.3 is 0 Å². The van der Waals surface area contributed by atoms with Crippen molar-refractivity contribution in [2.75, 3.05) is 0 Å². The van der Waals surface area contributed by atoms with Gasteiger partial charge in [-0.25, -0.2) is 4.98 Å². The number of fused-ring (bicyclic) bond motifs is 1. The maximum absolute atomic E-state index is 5.86. The fourth-order valence-corrected chi connectivity index (χ4v) is 3.11. The molecule has 0 radical (unpaired) electrons. The minimum absolute atomic E-state index is 0.656. The van der Waals surface area contributed by atoms with Crippen LogP contribution < -0.4 is 0 Å². The summed E-state index contributed by atoms with van der Waals surface area (Å²) < 4.78 is 0.713. The highest BCUT2D eigenvalue weighted by Crippen LogP contribution is 2.41. The third kappa shape index (κ3) is 1.27. The van der Waals surface area contributed by atoms with E-state index in [2.05, 4.69) is 18.8 Å². The molecule has 1 aromatic heterocycles. The fraction of sp³-hybridized carbons (Fsp3) is 0.667. The molecule has 0 fully saturated rings. The van der Waals surface area contributed by atoms with Crippen LogP contribution in [0.1, 0.15) is 36.8 Å². The third-order valence-corrected chi connectivity index (χ3v) is 3.78. The van der Waals surface area contributed by atoms with Crippen LogP contribution in [0.4, 0.5) is 0 Å². The van der Waals surface area contributed by atoms with Gasteiger partial charge in [0.1, 0.15) is 0 Å². The van der Waals surface area contributed by atoms with Crippen LogP contribution in [-0.4, -0.2) is 4.98 Å². The minimum atomic E-state index is 0.656. The van der Waals surface area contributed by atoms with E-state index in [-0.39, 0.29) is 0 Å². The van der Waals surface area contributed by atoms with E-state index in [1.54, 1.807) is 11.3 Å². The second-order valence-corrected chi connectivity index (χ2v) is 5.33. The summed E-state index contributed by atoms with van der Waals surface area (Å²) >= 11 is 7.51. The molecule has 3 heteroatoms. The number of halogens is 1. The van der Waals surface area contributed by atoms with Crippen molar-refractivity contribution in [3.05, 3.63) is 15.0 Å². The summed E-state index contributed by atoms with van der Waals surface area (Å²) in [6.07, 6.45) is 2.45. The van der Waals surface area contributed by atoms with Gasteiger partial charge in [-0.2, -0.15) is 0 Å². The quantitative estimate of drug-likeness (QED) is 0.678. The molecular formula is C9H12ClNS. The van der Waals surface area contributed by atoms with E-state index in [4.69, 9.17) is 11.6 Å². The van der Waals surface area contributed by atoms with Crippen molar-refractivity contribution in [1.29, 1.82) is 0 Å². The second-order valence-electron chi connectivity index (χ2n) is 3.66. The lowest BCUT2D eigenvalue weighted by molar-refractivity contribution is 0.488. The SMILES string of the molecule is CC(C)C1CCc2sc(Cl)nc21. The predicted molar refractivity (Wildman–Crippen MR) is 53.0 cm³/mol. The lowest BCUT2D eigenvalue weighted by Gasteiger charge is -2.12. The van der Waals surface area contributed by atoms with Crippen LogP contribution in [0.3, 0.4) is 0 Å². The molecule has 1 unspecified atom stereocenters. The normalized spacial score (nSPS) is 21.8. The Morgan fingerprint density at radius 1 is 1.58 bits per heavy atom. The average molecular weight is 202 g/mol. The highest BCUT2D eigenvalue weighted by Gasteiger charge is 2.28. The van der Waals surface area contributed by atoms with Crippen LogP contribution >= 0.6 is 22.9 Å². The van der Waals surface area contributed by atoms with E-state index in [1.807, 2.05) is 0 Å². The van der Waals surface area contributed by atoms with Crippen LogP contribution in [0.2, 0.25) is 4.47 Å². The summed E-state index contributed by atoms with van der Waals surface area (Å²) in [6, 6.07) is 0. The van der Waals surface area contributed by atoms with Gasteiger partial charge in [-0.05, 0) is 18.8 Å². The summed E-state index contributed by atoms with van der Waals surface area (Å²) in [4.78, 5) is 5.79. The first kappa shape index (κ1) is 8.52. The molecule has 0 aliphatic heterocycles. The van der Waals surface area contributed by atoms with Crippen LogP contribution in [0.25, 0.3) is 0 Å². The lowest BCUT2D eigenvalue weighted by atomic mass is 9.94. The number of aryl methyl sites for hydroxylation is 1. The summed E-state index contributed by atoms with van der Waals surface area (Å²) in [5.74, 6) is 1.35. The molecule has 0 amide bonds. The van der Waals surface area contributed by atoms with Gasteiger partial charge in [0.25, 0.3) is 0 Å². The molecule has 1 aliphatic rings. The van der Waals surface area contributed by atoms with Crippen LogP contribution in [0.5, 0.6) is 0 Å². The molecule has 0 aromatic carbocycles. The van der Waals surface area contributed by atoms with Crippen molar-refractivity contribution < 1.29 is 0 Å². The van der Waals surface area contributed by atoms with E-state index in [9.17, 15) is 0 Å². The summed E-state index contributed by atoms with van der Waals surface area (Å²) in [5.41, 5.74) is 1.28. The first-order chi connectivity index (χ1) is 5.68. The van der Waals surface area contributed by atoms with E-state index in [0.29, 0.717) is 16.3 Å². The first-order valence-corrected chi connectivity index (χ1v) is 5.53. The van der Waals surface area contributed by atoms with Crippen molar-refractivity contribution >= 4 is 22.9 Å². The van der Waals surface area contributed by atoms with E-state index in [0.717, 1.165) is 0 Å². The molecule has 1 aromatic rings. The molecular weight excluding hydrogens is 190 g/mol. The monoisotopic (exact) mass is 201 g/mol. The molecule has 1 nitrogen and oxygen atoms in total. The predicted octanol–water partition coefficient (Wildman–Crippen LogP) is 3.48. The molecule has 66 valence electrons. The Hall–Kier alpha value is -0.0800. The third-order valence-electron chi connectivity index (χ3n) is 2.54. The van der Waals surface area contributed by atoms with Gasteiger partial charge in [0.15, 0.2) is 4.47 Å². The molecule has 1 heterocycles. The molecule has 12 heavy (non-hydrogen) atoms. The Bertz CT molecular complexity index is 293. The molecule has 2 rings (SSSR count). The maximum Gasteiger partial charge on any atom is 0.184 e. The molecule has 1 aliphatic carbocycles. The van der Waals surface area contributed by atoms with Crippen LogP contribution in [-0.2, 0) is 6.42 Å². The Morgan fingerprint density at radius 2 is 2.33 bits per heavy atom. The number of nitrogens with zero attached hydrogens (tertiary/aromatic N) is 1. The number of thiazole rings is 1. The van der Waals surface area contributed by atoms with Crippen LogP contribution in [0, 0.1) is 5.92 Å². The summed E-state index contributed by atoms with van der Waals surface area (Å²) in [5, 5.41) is 0. The first-order valence-electron chi connectivity index (χ1n) is 4.33. The number of aromatic nitrogens is 1.